The maximum absolute atomic E-state index is 12.8. The molecule has 0 spiro atoms. The number of rotatable bonds is 4. The number of nitro groups is 1. The van der Waals surface area contributed by atoms with Gasteiger partial charge in [-0.1, -0.05) is 0 Å². The molecular weight excluding hydrogens is 267 g/mol. The Labute approximate surface area is 112 Å². The van der Waals surface area contributed by atoms with Gasteiger partial charge in [-0.3, -0.25) is 10.1 Å². The van der Waals surface area contributed by atoms with Crippen LogP contribution < -0.4 is 5.32 Å². The van der Waals surface area contributed by atoms with E-state index in [0.29, 0.717) is 5.69 Å². The zero-order chi connectivity index (χ0) is 14.7. The van der Waals surface area contributed by atoms with E-state index >= 15 is 0 Å². The molecule has 6 nitrogen and oxygen atoms in total. The molecule has 2 rings (SSSR count). The van der Waals surface area contributed by atoms with Gasteiger partial charge in [0, 0.05) is 11.8 Å². The molecule has 0 aromatic heterocycles. The summed E-state index contributed by atoms with van der Waals surface area (Å²) < 4.78 is 12.8. The first-order chi connectivity index (χ1) is 9.47. The minimum Gasteiger partial charge on any atom is -0.478 e. The Balaban J connectivity index is 2.41. The van der Waals surface area contributed by atoms with Gasteiger partial charge in [0.15, 0.2) is 0 Å². The molecule has 0 aliphatic rings. The molecule has 0 atom stereocenters. The highest BCUT2D eigenvalue weighted by atomic mass is 19.1. The molecule has 0 unspecified atom stereocenters. The summed E-state index contributed by atoms with van der Waals surface area (Å²) in [5, 5.41) is 22.5. The smallest absolute Gasteiger partial charge is 0.335 e. The molecule has 0 amide bonds. The maximum Gasteiger partial charge on any atom is 0.335 e. The van der Waals surface area contributed by atoms with E-state index in [-0.39, 0.29) is 16.9 Å². The first-order valence-electron chi connectivity index (χ1n) is 5.51. The number of hydrogen-bond donors (Lipinski definition) is 2. The van der Waals surface area contributed by atoms with E-state index in [1.165, 1.54) is 24.3 Å². The summed E-state index contributed by atoms with van der Waals surface area (Å²) in [5.74, 6) is -1.63. The van der Waals surface area contributed by atoms with E-state index in [4.69, 9.17) is 5.11 Å². The van der Waals surface area contributed by atoms with Crippen molar-refractivity contribution in [2.24, 2.45) is 0 Å². The number of hydrogen-bond acceptors (Lipinski definition) is 4. The Morgan fingerprint density at radius 3 is 2.40 bits per heavy atom. The van der Waals surface area contributed by atoms with Crippen molar-refractivity contribution in [3.8, 4) is 0 Å². The Hall–Kier alpha value is -2.96. The summed E-state index contributed by atoms with van der Waals surface area (Å²) >= 11 is 0. The summed E-state index contributed by atoms with van der Waals surface area (Å²) in [6.07, 6.45) is 0. The van der Waals surface area contributed by atoms with Gasteiger partial charge in [-0.25, -0.2) is 9.18 Å². The van der Waals surface area contributed by atoms with Crippen molar-refractivity contribution in [1.29, 1.82) is 0 Å². The second-order valence-electron chi connectivity index (χ2n) is 3.93. The molecule has 2 N–H and O–H groups in total. The SMILES string of the molecule is O=C(O)c1ccc([N+](=O)[O-])c(Nc2ccc(F)cc2)c1. The second-order valence-corrected chi connectivity index (χ2v) is 3.93. The highest BCUT2D eigenvalue weighted by Gasteiger charge is 2.16. The van der Waals surface area contributed by atoms with Crippen LogP contribution in [-0.4, -0.2) is 16.0 Å². The van der Waals surface area contributed by atoms with E-state index < -0.39 is 16.7 Å². The Bertz CT molecular complexity index is 671. The number of anilines is 2. The third-order valence-electron chi connectivity index (χ3n) is 2.56. The summed E-state index contributed by atoms with van der Waals surface area (Å²) in [7, 11) is 0. The summed E-state index contributed by atoms with van der Waals surface area (Å²) in [4.78, 5) is 21.2. The third-order valence-corrected chi connectivity index (χ3v) is 2.56. The van der Waals surface area contributed by atoms with Crippen LogP contribution >= 0.6 is 0 Å². The van der Waals surface area contributed by atoms with E-state index in [2.05, 4.69) is 5.32 Å². The molecule has 0 bridgehead atoms. The van der Waals surface area contributed by atoms with Crippen molar-refractivity contribution < 1.29 is 19.2 Å². The predicted octanol–water partition coefficient (Wildman–Crippen LogP) is 3.18. The zero-order valence-corrected chi connectivity index (χ0v) is 10.0. The van der Waals surface area contributed by atoms with E-state index in [9.17, 15) is 19.3 Å². The number of nitro benzene ring substituents is 1. The lowest BCUT2D eigenvalue weighted by Gasteiger charge is -2.08. The van der Waals surface area contributed by atoms with Gasteiger partial charge in [0.05, 0.1) is 10.5 Å². The van der Waals surface area contributed by atoms with E-state index in [1.807, 2.05) is 0 Å². The summed E-state index contributed by atoms with van der Waals surface area (Å²) in [6, 6.07) is 8.58. The second kappa shape index (κ2) is 5.35. The van der Waals surface area contributed by atoms with Crippen molar-refractivity contribution in [3.63, 3.8) is 0 Å². The molecule has 0 saturated heterocycles. The van der Waals surface area contributed by atoms with Gasteiger partial charge in [0.2, 0.25) is 0 Å². The number of nitrogens with zero attached hydrogens (tertiary/aromatic N) is 1. The van der Waals surface area contributed by atoms with E-state index in [1.54, 1.807) is 0 Å². The fraction of sp³-hybridized carbons (Fsp3) is 0. The number of carboxylic acids is 1. The molecule has 0 aliphatic carbocycles. The van der Waals surface area contributed by atoms with Crippen molar-refractivity contribution in [3.05, 3.63) is 64.0 Å². The van der Waals surface area contributed by atoms with Crippen LogP contribution in [0.3, 0.4) is 0 Å². The monoisotopic (exact) mass is 276 g/mol. The number of carboxylic acid groups (broad SMARTS) is 1. The first-order valence-corrected chi connectivity index (χ1v) is 5.51. The van der Waals surface area contributed by atoms with Crippen LogP contribution in [0, 0.1) is 15.9 Å². The van der Waals surface area contributed by atoms with Gasteiger partial charge >= 0.3 is 5.97 Å². The Kier molecular flexibility index (Phi) is 3.60. The fourth-order valence-corrected chi connectivity index (χ4v) is 1.62. The van der Waals surface area contributed by atoms with Gasteiger partial charge in [0.1, 0.15) is 11.5 Å². The Morgan fingerprint density at radius 1 is 1.20 bits per heavy atom. The molecule has 0 heterocycles. The standard InChI is InChI=1S/C13H9FN2O4/c14-9-2-4-10(5-3-9)15-11-7-8(13(17)18)1-6-12(11)16(19)20/h1-7,15H,(H,17,18). The van der Waals surface area contributed by atoms with Crippen molar-refractivity contribution in [2.75, 3.05) is 5.32 Å². The first kappa shape index (κ1) is 13.5. The summed E-state index contributed by atoms with van der Waals surface area (Å²) in [6.45, 7) is 0. The maximum atomic E-state index is 12.8. The van der Waals surface area contributed by atoms with Gasteiger partial charge in [-0.05, 0) is 36.4 Å². The zero-order valence-electron chi connectivity index (χ0n) is 10.0. The lowest BCUT2D eigenvalue weighted by Crippen LogP contribution is -2.01. The molecule has 2 aromatic rings. The molecule has 0 saturated carbocycles. The molecule has 7 heteroatoms. The molecule has 0 fully saturated rings. The van der Waals surface area contributed by atoms with Crippen LogP contribution in [0.2, 0.25) is 0 Å². The quantitative estimate of drug-likeness (QED) is 0.660. The minimum absolute atomic E-state index is 0.0292. The topological polar surface area (TPSA) is 92.5 Å². The lowest BCUT2D eigenvalue weighted by molar-refractivity contribution is -0.383. The normalized spacial score (nSPS) is 10.1. The third kappa shape index (κ3) is 2.89. The van der Waals surface area contributed by atoms with Crippen molar-refractivity contribution >= 4 is 23.0 Å². The van der Waals surface area contributed by atoms with Crippen LogP contribution in [0.25, 0.3) is 0 Å². The van der Waals surface area contributed by atoms with Gasteiger partial charge in [-0.2, -0.15) is 0 Å². The van der Waals surface area contributed by atoms with Crippen molar-refractivity contribution in [2.45, 2.75) is 0 Å². The predicted molar refractivity (Wildman–Crippen MR) is 69.7 cm³/mol. The van der Waals surface area contributed by atoms with Crippen LogP contribution in [0.1, 0.15) is 10.4 Å². The fourth-order valence-electron chi connectivity index (χ4n) is 1.62. The number of carbonyl (C=O) groups is 1. The summed E-state index contributed by atoms with van der Waals surface area (Å²) in [5.41, 5.74) is 0.0954. The molecule has 0 aliphatic heterocycles. The average molecular weight is 276 g/mol. The molecule has 102 valence electrons. The number of nitrogens with one attached hydrogen (secondary N) is 1. The minimum atomic E-state index is -1.19. The van der Waals surface area contributed by atoms with Crippen molar-refractivity contribution in [1.82, 2.24) is 0 Å². The average Bonchev–Trinajstić information content (AvgIpc) is 2.41. The van der Waals surface area contributed by atoms with E-state index in [0.717, 1.165) is 18.2 Å². The highest BCUT2D eigenvalue weighted by molar-refractivity contribution is 5.90. The number of halogens is 1. The number of benzene rings is 2. The molecule has 20 heavy (non-hydrogen) atoms. The largest absolute Gasteiger partial charge is 0.478 e. The molecular formula is C13H9FN2O4. The van der Waals surface area contributed by atoms with Gasteiger partial charge in [-0.15, -0.1) is 0 Å². The van der Waals surface area contributed by atoms with Crippen LogP contribution in [0.4, 0.5) is 21.5 Å². The molecule has 2 aromatic carbocycles. The molecule has 0 radical (unpaired) electrons. The lowest BCUT2D eigenvalue weighted by atomic mass is 10.1. The van der Waals surface area contributed by atoms with Gasteiger partial charge in [0.25, 0.3) is 5.69 Å². The van der Waals surface area contributed by atoms with Gasteiger partial charge < -0.3 is 10.4 Å². The van der Waals surface area contributed by atoms with Crippen LogP contribution in [0.5, 0.6) is 0 Å². The number of aromatic carboxylic acids is 1. The van der Waals surface area contributed by atoms with Crippen LogP contribution in [0.15, 0.2) is 42.5 Å². The van der Waals surface area contributed by atoms with Crippen LogP contribution in [-0.2, 0) is 0 Å². The Morgan fingerprint density at radius 2 is 1.85 bits per heavy atom. The highest BCUT2D eigenvalue weighted by Crippen LogP contribution is 2.28.